The Morgan fingerprint density at radius 1 is 0.903 bits per heavy atom. The van der Waals surface area contributed by atoms with Crippen molar-refractivity contribution in [2.45, 2.75) is 32.9 Å². The van der Waals surface area contributed by atoms with Crippen LogP contribution in [0.5, 0.6) is 23.0 Å². The molecule has 0 amide bonds. The van der Waals surface area contributed by atoms with Gasteiger partial charge in [0.2, 0.25) is 5.75 Å². The van der Waals surface area contributed by atoms with Crippen LogP contribution in [0.1, 0.15) is 30.9 Å². The second-order valence-electron chi connectivity index (χ2n) is 7.40. The molecule has 2 N–H and O–H groups in total. The molecule has 3 rings (SSSR count). The van der Waals surface area contributed by atoms with E-state index in [1.807, 2.05) is 37.3 Å². The van der Waals surface area contributed by atoms with E-state index in [-0.39, 0.29) is 0 Å². The topological polar surface area (TPSA) is 73.3 Å². The van der Waals surface area contributed by atoms with Crippen molar-refractivity contribution in [3.63, 3.8) is 0 Å². The molecule has 31 heavy (non-hydrogen) atoms. The first-order valence-electron chi connectivity index (χ1n) is 10.7. The maximum atomic E-state index is 6.02. The van der Waals surface area contributed by atoms with Gasteiger partial charge in [0.1, 0.15) is 5.75 Å². The predicted molar refractivity (Wildman–Crippen MR) is 122 cm³/mol. The second-order valence-corrected chi connectivity index (χ2v) is 7.40. The predicted octanol–water partition coefficient (Wildman–Crippen LogP) is 3.76. The maximum absolute atomic E-state index is 6.02. The first-order chi connectivity index (χ1) is 15.2. The van der Waals surface area contributed by atoms with E-state index in [1.54, 1.807) is 21.3 Å². The van der Waals surface area contributed by atoms with E-state index in [4.69, 9.17) is 23.9 Å². The summed E-state index contributed by atoms with van der Waals surface area (Å²) in [4.78, 5) is 4.73. The zero-order valence-corrected chi connectivity index (χ0v) is 18.9. The average molecular weight is 428 g/mol. The fraction of sp³-hybridized carbons (Fsp3) is 0.458. The highest BCUT2D eigenvalue weighted by atomic mass is 16.5. The molecule has 0 unspecified atom stereocenters. The number of benzene rings is 2. The fourth-order valence-corrected chi connectivity index (χ4v) is 3.26. The molecule has 1 aliphatic rings. The minimum atomic E-state index is 0.429. The molecule has 0 saturated heterocycles. The Morgan fingerprint density at radius 2 is 1.68 bits per heavy atom. The zero-order valence-electron chi connectivity index (χ0n) is 18.9. The lowest BCUT2D eigenvalue weighted by Gasteiger charge is -2.16. The molecule has 1 fully saturated rings. The molecule has 7 heteroatoms. The van der Waals surface area contributed by atoms with Crippen LogP contribution in [0.25, 0.3) is 0 Å². The summed E-state index contributed by atoms with van der Waals surface area (Å²) < 4.78 is 22.4. The largest absolute Gasteiger partial charge is 0.493 e. The Hall–Kier alpha value is -3.09. The molecule has 0 spiro atoms. The molecule has 0 heterocycles. The SMILES string of the molecule is CCNC(=NCc1ccc(OC)c(OC)c1OC)NCc1ccccc1OCC1CC1. The van der Waals surface area contributed by atoms with E-state index < -0.39 is 0 Å². The summed E-state index contributed by atoms with van der Waals surface area (Å²) in [5, 5.41) is 6.69. The molecule has 2 aromatic rings. The third kappa shape index (κ3) is 6.20. The van der Waals surface area contributed by atoms with Crippen LogP contribution in [-0.4, -0.2) is 40.4 Å². The highest BCUT2D eigenvalue weighted by Crippen LogP contribution is 2.40. The van der Waals surface area contributed by atoms with E-state index in [0.29, 0.717) is 30.3 Å². The Bertz CT molecular complexity index is 881. The van der Waals surface area contributed by atoms with Crippen molar-refractivity contribution in [2.75, 3.05) is 34.5 Å². The van der Waals surface area contributed by atoms with Gasteiger partial charge in [0, 0.05) is 24.2 Å². The van der Waals surface area contributed by atoms with Gasteiger partial charge in [-0.05, 0) is 43.9 Å². The molecule has 0 aliphatic heterocycles. The minimum absolute atomic E-state index is 0.429. The highest BCUT2D eigenvalue weighted by molar-refractivity contribution is 5.79. The van der Waals surface area contributed by atoms with Crippen molar-refractivity contribution in [1.82, 2.24) is 10.6 Å². The Labute approximate surface area is 184 Å². The summed E-state index contributed by atoms with van der Waals surface area (Å²) in [6.45, 7) is 4.65. The highest BCUT2D eigenvalue weighted by Gasteiger charge is 2.22. The maximum Gasteiger partial charge on any atom is 0.203 e. The van der Waals surface area contributed by atoms with Gasteiger partial charge in [0.25, 0.3) is 0 Å². The Kier molecular flexibility index (Phi) is 8.27. The number of para-hydroxylation sites is 1. The van der Waals surface area contributed by atoms with Crippen LogP contribution in [0.3, 0.4) is 0 Å². The smallest absolute Gasteiger partial charge is 0.203 e. The molecule has 7 nitrogen and oxygen atoms in total. The van der Waals surface area contributed by atoms with Crippen LogP contribution in [-0.2, 0) is 13.1 Å². The van der Waals surface area contributed by atoms with E-state index >= 15 is 0 Å². The number of nitrogens with zero attached hydrogens (tertiary/aromatic N) is 1. The number of ether oxygens (including phenoxy) is 4. The van der Waals surface area contributed by atoms with Gasteiger partial charge in [-0.3, -0.25) is 0 Å². The first-order valence-corrected chi connectivity index (χ1v) is 10.7. The molecule has 0 radical (unpaired) electrons. The van der Waals surface area contributed by atoms with Gasteiger partial charge < -0.3 is 29.6 Å². The van der Waals surface area contributed by atoms with Crippen LogP contribution in [0, 0.1) is 5.92 Å². The number of hydrogen-bond acceptors (Lipinski definition) is 5. The molecule has 0 atom stereocenters. The van der Waals surface area contributed by atoms with Crippen LogP contribution < -0.4 is 29.6 Å². The van der Waals surface area contributed by atoms with Crippen molar-refractivity contribution in [3.8, 4) is 23.0 Å². The lowest BCUT2D eigenvalue weighted by Crippen LogP contribution is -2.36. The van der Waals surface area contributed by atoms with Crippen LogP contribution in [0.2, 0.25) is 0 Å². The van der Waals surface area contributed by atoms with Gasteiger partial charge in [0.05, 0.1) is 34.5 Å². The third-order valence-electron chi connectivity index (χ3n) is 5.13. The summed E-state index contributed by atoms with van der Waals surface area (Å²) in [6, 6.07) is 11.9. The Morgan fingerprint density at radius 3 is 2.35 bits per heavy atom. The lowest BCUT2D eigenvalue weighted by atomic mass is 10.1. The van der Waals surface area contributed by atoms with E-state index in [1.165, 1.54) is 12.8 Å². The molecular formula is C24H33N3O4. The van der Waals surface area contributed by atoms with Crippen LogP contribution >= 0.6 is 0 Å². The molecule has 1 aliphatic carbocycles. The van der Waals surface area contributed by atoms with E-state index in [9.17, 15) is 0 Å². The van der Waals surface area contributed by atoms with Gasteiger partial charge in [-0.25, -0.2) is 4.99 Å². The summed E-state index contributed by atoms with van der Waals surface area (Å²) >= 11 is 0. The molecular weight excluding hydrogens is 394 g/mol. The van der Waals surface area contributed by atoms with Gasteiger partial charge in [-0.1, -0.05) is 18.2 Å². The number of aliphatic imine (C=N–C) groups is 1. The number of guanidine groups is 1. The van der Waals surface area contributed by atoms with E-state index in [2.05, 4.69) is 16.7 Å². The summed E-state index contributed by atoms with van der Waals surface area (Å²) in [5.41, 5.74) is 2.02. The third-order valence-corrected chi connectivity index (χ3v) is 5.13. The zero-order chi connectivity index (χ0) is 22.1. The number of hydrogen-bond donors (Lipinski definition) is 2. The fourth-order valence-electron chi connectivity index (χ4n) is 3.26. The number of nitrogens with one attached hydrogen (secondary N) is 2. The molecule has 0 bridgehead atoms. The average Bonchev–Trinajstić information content (AvgIpc) is 3.63. The lowest BCUT2D eigenvalue weighted by molar-refractivity contribution is 0.296. The van der Waals surface area contributed by atoms with Gasteiger partial charge in [-0.15, -0.1) is 0 Å². The van der Waals surface area contributed by atoms with E-state index in [0.717, 1.165) is 41.9 Å². The monoisotopic (exact) mass is 427 g/mol. The van der Waals surface area contributed by atoms with Crippen LogP contribution in [0.4, 0.5) is 0 Å². The van der Waals surface area contributed by atoms with Crippen molar-refractivity contribution >= 4 is 5.96 Å². The summed E-state index contributed by atoms with van der Waals surface area (Å²) in [5.74, 6) is 4.18. The standard InChI is InChI=1S/C24H33N3O4/c1-5-25-24(26-14-18-8-6-7-9-20(18)31-16-17-10-11-17)27-15-19-12-13-21(28-2)23(30-4)22(19)29-3/h6-9,12-13,17H,5,10-11,14-16H2,1-4H3,(H2,25,26,27). The molecule has 0 aromatic heterocycles. The van der Waals surface area contributed by atoms with Crippen molar-refractivity contribution in [2.24, 2.45) is 10.9 Å². The summed E-state index contributed by atoms with van der Waals surface area (Å²) in [7, 11) is 4.82. The van der Waals surface area contributed by atoms with Gasteiger partial charge in [0.15, 0.2) is 17.5 Å². The normalized spacial score (nSPS) is 13.5. The van der Waals surface area contributed by atoms with Crippen LogP contribution in [0.15, 0.2) is 41.4 Å². The van der Waals surface area contributed by atoms with Gasteiger partial charge >= 0.3 is 0 Å². The molecule has 2 aromatic carbocycles. The molecule has 168 valence electrons. The minimum Gasteiger partial charge on any atom is -0.493 e. The second kappa shape index (κ2) is 11.3. The van der Waals surface area contributed by atoms with Crippen molar-refractivity contribution < 1.29 is 18.9 Å². The number of rotatable bonds is 11. The van der Waals surface area contributed by atoms with Gasteiger partial charge in [-0.2, -0.15) is 0 Å². The Balaban J connectivity index is 1.70. The quantitative estimate of drug-likeness (QED) is 0.420. The first kappa shape index (κ1) is 22.6. The number of methoxy groups -OCH3 is 3. The summed E-state index contributed by atoms with van der Waals surface area (Å²) in [6.07, 6.45) is 2.55. The van der Waals surface area contributed by atoms with Crippen molar-refractivity contribution in [3.05, 3.63) is 47.5 Å². The van der Waals surface area contributed by atoms with Crippen molar-refractivity contribution in [1.29, 1.82) is 0 Å². The molecule has 1 saturated carbocycles.